The lowest BCUT2D eigenvalue weighted by Crippen LogP contribution is -2.28. The first-order chi connectivity index (χ1) is 15.1. The van der Waals surface area contributed by atoms with E-state index < -0.39 is 12.1 Å². The van der Waals surface area contributed by atoms with E-state index in [2.05, 4.69) is 10.1 Å². The van der Waals surface area contributed by atoms with Gasteiger partial charge in [0.25, 0.3) is 5.91 Å². The molecule has 3 rings (SSSR count). The molecule has 0 aliphatic rings. The highest BCUT2D eigenvalue weighted by Gasteiger charge is 2.41. The zero-order chi connectivity index (χ0) is 23.5. The summed E-state index contributed by atoms with van der Waals surface area (Å²) in [5, 5.41) is 11.6. The first-order valence-corrected chi connectivity index (χ1v) is 10.5. The largest absolute Gasteiger partial charge is 0.491 e. The Morgan fingerprint density at radius 3 is 2.59 bits per heavy atom. The van der Waals surface area contributed by atoms with Crippen molar-refractivity contribution in [3.8, 4) is 5.75 Å². The average molecular weight is 484 g/mol. The third-order valence-electron chi connectivity index (χ3n) is 4.43. The molecule has 11 heteroatoms. The molecule has 1 amide bonds. The number of nitrogens with two attached hydrogens (primary N) is 1. The van der Waals surface area contributed by atoms with Crippen molar-refractivity contribution in [2.75, 3.05) is 6.54 Å². The smallest absolute Gasteiger partial charge is 0.420 e. The van der Waals surface area contributed by atoms with Crippen LogP contribution in [-0.2, 0) is 11.2 Å². The Labute approximate surface area is 189 Å². The van der Waals surface area contributed by atoms with Gasteiger partial charge in [-0.05, 0) is 54.1 Å². The number of alkyl halides is 3. The summed E-state index contributed by atoms with van der Waals surface area (Å²) in [4.78, 5) is 24.1. The van der Waals surface area contributed by atoms with Crippen LogP contribution in [0.5, 0.6) is 5.75 Å². The monoisotopic (exact) mass is 483 g/mol. The zero-order valence-corrected chi connectivity index (χ0v) is 18.0. The number of ether oxygens (including phenoxy) is 1. The van der Waals surface area contributed by atoms with Crippen molar-refractivity contribution in [1.29, 1.82) is 5.41 Å². The molecule has 0 aliphatic carbocycles. The second-order valence-electron chi connectivity index (χ2n) is 6.75. The van der Waals surface area contributed by atoms with Crippen molar-refractivity contribution in [2.24, 2.45) is 5.73 Å². The summed E-state index contributed by atoms with van der Waals surface area (Å²) in [7, 11) is 0. The van der Waals surface area contributed by atoms with E-state index in [9.17, 15) is 22.8 Å². The summed E-state index contributed by atoms with van der Waals surface area (Å²) in [6.07, 6.45) is -4.62. The van der Waals surface area contributed by atoms with Crippen molar-refractivity contribution in [3.63, 3.8) is 0 Å². The summed E-state index contributed by atoms with van der Waals surface area (Å²) >= 11 is 7.39. The highest BCUT2D eigenvalue weighted by atomic mass is 35.5. The minimum Gasteiger partial charge on any atom is -0.420 e. The van der Waals surface area contributed by atoms with Crippen molar-refractivity contribution in [1.82, 2.24) is 5.32 Å². The Morgan fingerprint density at radius 2 is 1.94 bits per heavy atom. The molecule has 168 valence electrons. The fraction of sp³-hybridized carbons (Fsp3) is 0.190. The number of thiophene rings is 1. The number of amidine groups is 1. The molecule has 1 aromatic heterocycles. The molecule has 4 N–H and O–H groups in total. The molecule has 0 atom stereocenters. The first-order valence-electron chi connectivity index (χ1n) is 9.29. The summed E-state index contributed by atoms with van der Waals surface area (Å²) < 4.78 is 42.9. The van der Waals surface area contributed by atoms with Gasteiger partial charge < -0.3 is 15.8 Å². The third-order valence-corrected chi connectivity index (χ3v) is 6.04. The van der Waals surface area contributed by atoms with Gasteiger partial charge >= 0.3 is 12.1 Å². The number of rotatable bonds is 7. The number of hydrogen-bond acceptors (Lipinski definition) is 5. The maximum atomic E-state index is 12.5. The van der Waals surface area contributed by atoms with Gasteiger partial charge in [-0.25, -0.2) is 4.79 Å². The second kappa shape index (κ2) is 9.58. The molecule has 3 aromatic rings. The molecule has 0 spiro atoms. The number of aryl methyl sites for hydroxylation is 1. The van der Waals surface area contributed by atoms with Crippen LogP contribution in [0.15, 0.2) is 42.5 Å². The van der Waals surface area contributed by atoms with Crippen LogP contribution >= 0.6 is 22.9 Å². The van der Waals surface area contributed by atoms with Crippen molar-refractivity contribution < 1.29 is 27.5 Å². The number of amides is 1. The maximum Gasteiger partial charge on any atom is 0.491 e. The number of carbonyl (C=O) groups is 2. The quantitative estimate of drug-likeness (QED) is 0.149. The van der Waals surface area contributed by atoms with Crippen LogP contribution in [0.2, 0.25) is 5.02 Å². The lowest BCUT2D eigenvalue weighted by molar-refractivity contribution is -0.189. The van der Waals surface area contributed by atoms with Gasteiger partial charge in [-0.3, -0.25) is 10.2 Å². The molecule has 32 heavy (non-hydrogen) atoms. The van der Waals surface area contributed by atoms with Crippen molar-refractivity contribution in [2.45, 2.75) is 19.0 Å². The Bertz CT molecular complexity index is 1190. The Morgan fingerprint density at radius 1 is 1.19 bits per heavy atom. The molecular formula is C21H17ClF3N3O3S. The number of carbonyl (C=O) groups excluding carboxylic acids is 2. The van der Waals surface area contributed by atoms with Gasteiger partial charge in [0.05, 0.1) is 14.6 Å². The minimum absolute atomic E-state index is 0.181. The predicted molar refractivity (Wildman–Crippen MR) is 117 cm³/mol. The van der Waals surface area contributed by atoms with E-state index in [1.807, 2.05) is 6.07 Å². The number of nitrogens with one attached hydrogen (secondary N) is 2. The summed E-state index contributed by atoms with van der Waals surface area (Å²) in [6, 6.07) is 10.9. The van der Waals surface area contributed by atoms with Gasteiger partial charge in [0.2, 0.25) is 0 Å². The molecule has 0 saturated carbocycles. The van der Waals surface area contributed by atoms with Crippen LogP contribution < -0.4 is 15.8 Å². The fourth-order valence-corrected chi connectivity index (χ4v) is 4.19. The number of nitrogen functional groups attached to an aromatic ring is 1. The minimum atomic E-state index is -5.14. The summed E-state index contributed by atoms with van der Waals surface area (Å²) in [5.74, 6) is -3.20. The fourth-order valence-electron chi connectivity index (χ4n) is 2.91. The Kier molecular flexibility index (Phi) is 7.05. The van der Waals surface area contributed by atoms with E-state index in [4.69, 9.17) is 22.7 Å². The zero-order valence-electron chi connectivity index (χ0n) is 16.4. The lowest BCUT2D eigenvalue weighted by atomic mass is 10.0. The number of halogens is 4. The van der Waals surface area contributed by atoms with Gasteiger partial charge in [-0.1, -0.05) is 23.7 Å². The normalized spacial score (nSPS) is 11.4. The van der Waals surface area contributed by atoms with Crippen LogP contribution in [-0.4, -0.2) is 30.4 Å². The molecular weight excluding hydrogens is 467 g/mol. The van der Waals surface area contributed by atoms with Gasteiger partial charge in [-0.15, -0.1) is 11.3 Å². The van der Waals surface area contributed by atoms with E-state index in [0.29, 0.717) is 16.3 Å². The summed E-state index contributed by atoms with van der Waals surface area (Å²) in [6.45, 7) is 0.220. The van der Waals surface area contributed by atoms with E-state index in [-0.39, 0.29) is 41.6 Å². The van der Waals surface area contributed by atoms with Gasteiger partial charge in [-0.2, -0.15) is 13.2 Å². The van der Waals surface area contributed by atoms with E-state index >= 15 is 0 Å². The molecule has 0 aliphatic heterocycles. The SMILES string of the molecule is N=C(N)c1ccc(OC(=O)C(F)(F)F)c(CCCNC(=O)c2cc3cccc(Cl)c3s2)c1. The van der Waals surface area contributed by atoms with Gasteiger partial charge in [0.15, 0.2) is 0 Å². The van der Waals surface area contributed by atoms with Gasteiger partial charge in [0, 0.05) is 12.1 Å². The Balaban J connectivity index is 1.65. The number of esters is 1. The summed E-state index contributed by atoms with van der Waals surface area (Å²) in [5.41, 5.74) is 5.97. The van der Waals surface area contributed by atoms with Crippen molar-refractivity contribution >= 4 is 50.7 Å². The highest BCUT2D eigenvalue weighted by Crippen LogP contribution is 2.31. The van der Waals surface area contributed by atoms with Crippen molar-refractivity contribution in [3.05, 3.63) is 63.5 Å². The van der Waals surface area contributed by atoms with Crippen LogP contribution in [0, 0.1) is 5.41 Å². The van der Waals surface area contributed by atoms with Gasteiger partial charge in [0.1, 0.15) is 11.6 Å². The molecule has 0 fully saturated rings. The van der Waals surface area contributed by atoms with Crippen LogP contribution in [0.25, 0.3) is 10.1 Å². The van der Waals surface area contributed by atoms with Crippen LogP contribution in [0.4, 0.5) is 13.2 Å². The number of benzene rings is 2. The highest BCUT2D eigenvalue weighted by molar-refractivity contribution is 7.21. The Hall–Kier alpha value is -3.11. The maximum absolute atomic E-state index is 12.5. The molecule has 6 nitrogen and oxygen atoms in total. The molecule has 0 bridgehead atoms. The van der Waals surface area contributed by atoms with E-state index in [1.54, 1.807) is 18.2 Å². The molecule has 0 saturated heterocycles. The first kappa shape index (κ1) is 23.6. The molecule has 0 unspecified atom stereocenters. The standard InChI is InChI=1S/C21H17ClF3N3O3S/c22-14-5-1-3-12-10-16(32-17(12)14)19(29)28-8-2-4-11-9-13(18(26)27)6-7-15(11)31-20(30)21(23,24)25/h1,3,5-7,9-10H,2,4,8H2,(H3,26,27)(H,28,29). The van der Waals surface area contributed by atoms with Crippen LogP contribution in [0.3, 0.4) is 0 Å². The number of fused-ring (bicyclic) bond motifs is 1. The predicted octanol–water partition coefficient (Wildman–Crippen LogP) is 4.67. The average Bonchev–Trinajstić information content (AvgIpc) is 3.17. The second-order valence-corrected chi connectivity index (χ2v) is 8.21. The molecule has 1 heterocycles. The van der Waals surface area contributed by atoms with E-state index in [0.717, 1.165) is 16.2 Å². The van der Waals surface area contributed by atoms with E-state index in [1.165, 1.54) is 23.5 Å². The topological polar surface area (TPSA) is 105 Å². The number of hydrogen-bond donors (Lipinski definition) is 3. The molecule has 0 radical (unpaired) electrons. The van der Waals surface area contributed by atoms with Crippen LogP contribution in [0.1, 0.15) is 27.2 Å². The third kappa shape index (κ3) is 5.57. The molecule has 2 aromatic carbocycles. The lowest BCUT2D eigenvalue weighted by Gasteiger charge is -2.13.